The molecule has 0 radical (unpaired) electrons. The van der Waals surface area contributed by atoms with Crippen molar-refractivity contribution in [2.75, 3.05) is 19.6 Å². The number of rotatable bonds is 8. The van der Waals surface area contributed by atoms with Crippen molar-refractivity contribution in [2.24, 2.45) is 5.92 Å². The van der Waals surface area contributed by atoms with Crippen LogP contribution in [0.15, 0.2) is 24.3 Å². The summed E-state index contributed by atoms with van der Waals surface area (Å²) < 4.78 is 0. The Labute approximate surface area is 146 Å². The van der Waals surface area contributed by atoms with Gasteiger partial charge in [0.15, 0.2) is 0 Å². The van der Waals surface area contributed by atoms with Crippen LogP contribution in [-0.4, -0.2) is 36.5 Å². The molecule has 0 spiro atoms. The van der Waals surface area contributed by atoms with Crippen LogP contribution < -0.4 is 5.32 Å². The van der Waals surface area contributed by atoms with Gasteiger partial charge in [0.1, 0.15) is 0 Å². The molecule has 0 bridgehead atoms. The number of hydrogen-bond acceptors (Lipinski definition) is 2. The SMILES string of the molecule is CCCCc1ccc(CC(=O)N2CCC(NCC3CC3)CC2)cc1. The number of unbranched alkanes of at least 4 members (excludes halogenated alkanes) is 1. The third kappa shape index (κ3) is 5.34. The summed E-state index contributed by atoms with van der Waals surface area (Å²) in [6.45, 7) is 5.23. The van der Waals surface area contributed by atoms with Crippen LogP contribution in [0.4, 0.5) is 0 Å². The van der Waals surface area contributed by atoms with Gasteiger partial charge in [0.2, 0.25) is 5.91 Å². The highest BCUT2D eigenvalue weighted by molar-refractivity contribution is 5.78. The average Bonchev–Trinajstić information content (AvgIpc) is 3.44. The zero-order valence-corrected chi connectivity index (χ0v) is 15.1. The molecule has 24 heavy (non-hydrogen) atoms. The van der Waals surface area contributed by atoms with Gasteiger partial charge in [-0.3, -0.25) is 4.79 Å². The van der Waals surface area contributed by atoms with Crippen molar-refractivity contribution in [3.63, 3.8) is 0 Å². The minimum absolute atomic E-state index is 0.289. The highest BCUT2D eigenvalue weighted by Crippen LogP contribution is 2.28. The van der Waals surface area contributed by atoms with E-state index < -0.39 is 0 Å². The largest absolute Gasteiger partial charge is 0.342 e. The van der Waals surface area contributed by atoms with Gasteiger partial charge in [0.25, 0.3) is 0 Å². The minimum Gasteiger partial charge on any atom is -0.342 e. The predicted octanol–water partition coefficient (Wildman–Crippen LogP) is 3.56. The quantitative estimate of drug-likeness (QED) is 0.791. The number of benzene rings is 1. The fraction of sp³-hybridized carbons (Fsp3) is 0.667. The first kappa shape index (κ1) is 17.5. The number of hydrogen-bond donors (Lipinski definition) is 1. The van der Waals surface area contributed by atoms with Crippen LogP contribution >= 0.6 is 0 Å². The molecule has 132 valence electrons. The van der Waals surface area contributed by atoms with Crippen LogP contribution in [0.25, 0.3) is 0 Å². The molecule has 0 unspecified atom stereocenters. The molecule has 1 aromatic rings. The van der Waals surface area contributed by atoms with Crippen molar-refractivity contribution in [3.8, 4) is 0 Å². The van der Waals surface area contributed by atoms with Crippen molar-refractivity contribution in [1.29, 1.82) is 0 Å². The lowest BCUT2D eigenvalue weighted by Gasteiger charge is -2.32. The van der Waals surface area contributed by atoms with E-state index in [0.29, 0.717) is 12.5 Å². The lowest BCUT2D eigenvalue weighted by Crippen LogP contribution is -2.45. The Morgan fingerprint density at radius 1 is 1.08 bits per heavy atom. The van der Waals surface area contributed by atoms with Crippen LogP contribution in [0.3, 0.4) is 0 Å². The van der Waals surface area contributed by atoms with Gasteiger partial charge in [0, 0.05) is 19.1 Å². The number of likely N-dealkylation sites (tertiary alicyclic amines) is 1. The molecular formula is C21H32N2O. The number of nitrogens with zero attached hydrogens (tertiary/aromatic N) is 1. The molecule has 3 heteroatoms. The molecule has 2 fully saturated rings. The second-order valence-electron chi connectivity index (χ2n) is 7.60. The van der Waals surface area contributed by atoms with Gasteiger partial charge in [-0.25, -0.2) is 0 Å². The maximum atomic E-state index is 12.5. The summed E-state index contributed by atoms with van der Waals surface area (Å²) in [4.78, 5) is 14.6. The van der Waals surface area contributed by atoms with E-state index in [9.17, 15) is 4.79 Å². The fourth-order valence-corrected chi connectivity index (χ4v) is 3.48. The van der Waals surface area contributed by atoms with E-state index in [2.05, 4.69) is 41.4 Å². The van der Waals surface area contributed by atoms with E-state index >= 15 is 0 Å². The number of piperidine rings is 1. The van der Waals surface area contributed by atoms with Crippen LogP contribution in [-0.2, 0) is 17.6 Å². The topological polar surface area (TPSA) is 32.3 Å². The molecule has 1 amide bonds. The molecule has 1 heterocycles. The summed E-state index contributed by atoms with van der Waals surface area (Å²) >= 11 is 0. The summed E-state index contributed by atoms with van der Waals surface area (Å²) in [5.41, 5.74) is 2.53. The molecule has 1 aliphatic heterocycles. The summed E-state index contributed by atoms with van der Waals surface area (Å²) in [5, 5.41) is 3.68. The average molecular weight is 329 g/mol. The van der Waals surface area contributed by atoms with Crippen LogP contribution in [0.1, 0.15) is 56.6 Å². The maximum Gasteiger partial charge on any atom is 0.226 e. The number of nitrogens with one attached hydrogen (secondary N) is 1. The van der Waals surface area contributed by atoms with Gasteiger partial charge in [-0.2, -0.15) is 0 Å². The van der Waals surface area contributed by atoms with Gasteiger partial charge in [-0.15, -0.1) is 0 Å². The Kier molecular flexibility index (Phi) is 6.30. The highest BCUT2D eigenvalue weighted by atomic mass is 16.2. The molecular weight excluding hydrogens is 296 g/mol. The number of aryl methyl sites for hydroxylation is 1. The first-order valence-electron chi connectivity index (χ1n) is 9.83. The Hall–Kier alpha value is -1.35. The normalized spacial score (nSPS) is 18.8. The first-order valence-corrected chi connectivity index (χ1v) is 9.83. The van der Waals surface area contributed by atoms with Crippen molar-refractivity contribution in [2.45, 2.75) is 64.3 Å². The number of carbonyl (C=O) groups is 1. The van der Waals surface area contributed by atoms with Crippen molar-refractivity contribution in [3.05, 3.63) is 35.4 Å². The van der Waals surface area contributed by atoms with Gasteiger partial charge in [-0.05, 0) is 62.1 Å². The van der Waals surface area contributed by atoms with Crippen LogP contribution in [0.2, 0.25) is 0 Å². The fourth-order valence-electron chi connectivity index (χ4n) is 3.48. The second kappa shape index (κ2) is 8.66. The lowest BCUT2D eigenvalue weighted by molar-refractivity contribution is -0.131. The van der Waals surface area contributed by atoms with Crippen molar-refractivity contribution < 1.29 is 4.79 Å². The summed E-state index contributed by atoms with van der Waals surface area (Å²) in [6, 6.07) is 9.26. The van der Waals surface area contributed by atoms with E-state index in [1.807, 2.05) is 0 Å². The summed E-state index contributed by atoms with van der Waals surface area (Å²) in [6.07, 6.45) is 9.18. The molecule has 3 rings (SSSR count). The molecule has 1 saturated heterocycles. The van der Waals surface area contributed by atoms with E-state index in [4.69, 9.17) is 0 Å². The highest BCUT2D eigenvalue weighted by Gasteiger charge is 2.25. The Morgan fingerprint density at radius 2 is 1.75 bits per heavy atom. The van der Waals surface area contributed by atoms with Crippen LogP contribution in [0.5, 0.6) is 0 Å². The van der Waals surface area contributed by atoms with E-state index in [1.54, 1.807) is 0 Å². The molecule has 1 N–H and O–H groups in total. The van der Waals surface area contributed by atoms with Crippen LogP contribution in [0, 0.1) is 5.92 Å². The maximum absolute atomic E-state index is 12.5. The predicted molar refractivity (Wildman–Crippen MR) is 99.1 cm³/mol. The zero-order chi connectivity index (χ0) is 16.8. The third-order valence-corrected chi connectivity index (χ3v) is 5.44. The molecule has 3 nitrogen and oxygen atoms in total. The van der Waals surface area contributed by atoms with Gasteiger partial charge < -0.3 is 10.2 Å². The molecule has 2 aliphatic rings. The molecule has 1 aromatic carbocycles. The third-order valence-electron chi connectivity index (χ3n) is 5.44. The number of amides is 1. The van der Waals surface area contributed by atoms with E-state index in [1.165, 1.54) is 37.8 Å². The molecule has 1 saturated carbocycles. The van der Waals surface area contributed by atoms with Crippen molar-refractivity contribution in [1.82, 2.24) is 10.2 Å². The van der Waals surface area contributed by atoms with E-state index in [0.717, 1.165) is 43.8 Å². The molecule has 0 atom stereocenters. The zero-order valence-electron chi connectivity index (χ0n) is 15.1. The molecule has 1 aliphatic carbocycles. The Balaban J connectivity index is 1.40. The van der Waals surface area contributed by atoms with Gasteiger partial charge >= 0.3 is 0 Å². The van der Waals surface area contributed by atoms with Crippen molar-refractivity contribution >= 4 is 5.91 Å². The first-order chi connectivity index (χ1) is 11.7. The Bertz CT molecular complexity index is 513. The monoisotopic (exact) mass is 328 g/mol. The summed E-state index contributed by atoms with van der Waals surface area (Å²) in [7, 11) is 0. The number of carbonyl (C=O) groups excluding carboxylic acids is 1. The van der Waals surface area contributed by atoms with E-state index in [-0.39, 0.29) is 5.91 Å². The van der Waals surface area contributed by atoms with Gasteiger partial charge in [0.05, 0.1) is 6.42 Å². The standard InChI is InChI=1S/C21H32N2O/c1-2-3-4-17-5-7-18(8-6-17)15-21(24)23-13-11-20(12-14-23)22-16-19-9-10-19/h5-8,19-20,22H,2-4,9-16H2,1H3. The smallest absolute Gasteiger partial charge is 0.226 e. The van der Waals surface area contributed by atoms with Gasteiger partial charge in [-0.1, -0.05) is 37.6 Å². The lowest BCUT2D eigenvalue weighted by atomic mass is 10.0. The minimum atomic E-state index is 0.289. The molecule has 0 aromatic heterocycles. The second-order valence-corrected chi connectivity index (χ2v) is 7.60. The summed E-state index contributed by atoms with van der Waals surface area (Å²) in [5.74, 6) is 1.22. The Morgan fingerprint density at radius 3 is 2.38 bits per heavy atom.